The second-order valence-electron chi connectivity index (χ2n) is 5.21. The number of ether oxygens (including phenoxy) is 2. The van der Waals surface area contributed by atoms with Gasteiger partial charge in [-0.25, -0.2) is 5.01 Å². The molecule has 2 rings (SSSR count). The van der Waals surface area contributed by atoms with E-state index in [0.29, 0.717) is 40.0 Å². The summed E-state index contributed by atoms with van der Waals surface area (Å²) in [5, 5.41) is 14.5. The van der Waals surface area contributed by atoms with Crippen LogP contribution in [0.2, 0.25) is 5.02 Å². The van der Waals surface area contributed by atoms with Crippen molar-refractivity contribution in [3.8, 4) is 17.6 Å². The molecule has 6 nitrogen and oxygen atoms in total. The minimum absolute atomic E-state index is 0.227. The van der Waals surface area contributed by atoms with Gasteiger partial charge in [0.05, 0.1) is 42.5 Å². The van der Waals surface area contributed by atoms with Crippen LogP contribution in [-0.2, 0) is 4.79 Å². The summed E-state index contributed by atoms with van der Waals surface area (Å²) in [5.74, 6) is 0.641. The number of halogens is 1. The second-order valence-corrected chi connectivity index (χ2v) is 5.62. The van der Waals surface area contributed by atoms with E-state index in [0.717, 1.165) is 0 Å². The third kappa shape index (κ3) is 4.20. The smallest absolute Gasteiger partial charge is 0.275 e. The fourth-order valence-electron chi connectivity index (χ4n) is 2.32. The Morgan fingerprint density at radius 2 is 2.24 bits per heavy atom. The Balaban J connectivity index is 2.33. The number of methoxy groups -OCH3 is 1. The highest BCUT2D eigenvalue weighted by Crippen LogP contribution is 2.37. The first-order valence-corrected chi connectivity index (χ1v) is 7.97. The standard InChI is InChI=1S/C18H18ClN3O3/c1-4-8-25-17-15(19)10-13(11-16(17)24-3)9-14-12(2)21-22(18(14)23)7-5-6-20/h4,9-11H,1,5,7-8H2,2-3H3/b14-9+. The summed E-state index contributed by atoms with van der Waals surface area (Å²) in [6.45, 7) is 5.91. The Bertz CT molecular complexity index is 793. The monoisotopic (exact) mass is 359 g/mol. The van der Waals surface area contributed by atoms with Gasteiger partial charge >= 0.3 is 0 Å². The average Bonchev–Trinajstić information content (AvgIpc) is 2.86. The normalized spacial score (nSPS) is 15.1. The van der Waals surface area contributed by atoms with E-state index in [1.165, 1.54) is 12.1 Å². The molecule has 0 aliphatic carbocycles. The van der Waals surface area contributed by atoms with Crippen molar-refractivity contribution in [2.24, 2.45) is 5.10 Å². The third-order valence-electron chi connectivity index (χ3n) is 3.47. The quantitative estimate of drug-likeness (QED) is 0.552. The molecule has 0 atom stereocenters. The van der Waals surface area contributed by atoms with E-state index in [4.69, 9.17) is 26.3 Å². The highest BCUT2D eigenvalue weighted by atomic mass is 35.5. The summed E-state index contributed by atoms with van der Waals surface area (Å²) in [6.07, 6.45) is 3.53. The lowest BCUT2D eigenvalue weighted by atomic mass is 10.1. The summed E-state index contributed by atoms with van der Waals surface area (Å²) in [7, 11) is 1.51. The number of amides is 1. The van der Waals surface area contributed by atoms with Gasteiger partial charge in [0.25, 0.3) is 5.91 Å². The molecule has 0 unspecified atom stereocenters. The summed E-state index contributed by atoms with van der Waals surface area (Å²) >= 11 is 6.27. The maximum atomic E-state index is 12.4. The topological polar surface area (TPSA) is 74.9 Å². The van der Waals surface area contributed by atoms with E-state index in [1.54, 1.807) is 31.2 Å². The first kappa shape index (κ1) is 18.6. The molecule has 25 heavy (non-hydrogen) atoms. The molecule has 1 aliphatic rings. The zero-order valence-electron chi connectivity index (χ0n) is 14.1. The van der Waals surface area contributed by atoms with Crippen LogP contribution >= 0.6 is 11.6 Å². The van der Waals surface area contributed by atoms with Crippen LogP contribution in [-0.4, -0.2) is 36.9 Å². The highest BCUT2D eigenvalue weighted by Gasteiger charge is 2.27. The minimum Gasteiger partial charge on any atom is -0.493 e. The van der Waals surface area contributed by atoms with E-state index in [1.807, 2.05) is 6.07 Å². The first-order valence-electron chi connectivity index (χ1n) is 7.59. The van der Waals surface area contributed by atoms with Gasteiger partial charge in [-0.3, -0.25) is 4.79 Å². The van der Waals surface area contributed by atoms with Crippen LogP contribution in [0.4, 0.5) is 0 Å². The first-order chi connectivity index (χ1) is 12.0. The van der Waals surface area contributed by atoms with Gasteiger partial charge in [0, 0.05) is 0 Å². The van der Waals surface area contributed by atoms with Crippen molar-refractivity contribution in [3.05, 3.63) is 40.9 Å². The Kier molecular flexibility index (Phi) is 6.20. The lowest BCUT2D eigenvalue weighted by Crippen LogP contribution is -2.22. The van der Waals surface area contributed by atoms with E-state index in [9.17, 15) is 4.79 Å². The molecule has 0 fully saturated rings. The Hall–Kier alpha value is -2.78. The van der Waals surface area contributed by atoms with Gasteiger partial charge < -0.3 is 9.47 Å². The van der Waals surface area contributed by atoms with Gasteiger partial charge in [-0.1, -0.05) is 24.3 Å². The van der Waals surface area contributed by atoms with Gasteiger partial charge in [-0.15, -0.1) is 0 Å². The SMILES string of the molecule is C=CCOc1c(Cl)cc(/C=C2/C(=O)N(CCC#N)N=C2C)cc1OC. The number of nitriles is 1. The van der Waals surface area contributed by atoms with Crippen LogP contribution in [0.5, 0.6) is 11.5 Å². The summed E-state index contributed by atoms with van der Waals surface area (Å²) in [4.78, 5) is 12.4. The van der Waals surface area contributed by atoms with Crippen molar-refractivity contribution >= 4 is 29.3 Å². The molecule has 0 radical (unpaired) electrons. The molecule has 1 aromatic rings. The van der Waals surface area contributed by atoms with E-state index >= 15 is 0 Å². The Labute approximate surface area is 151 Å². The Morgan fingerprint density at radius 1 is 1.48 bits per heavy atom. The van der Waals surface area contributed by atoms with Crippen molar-refractivity contribution < 1.29 is 14.3 Å². The maximum Gasteiger partial charge on any atom is 0.275 e. The van der Waals surface area contributed by atoms with Crippen molar-refractivity contribution in [3.63, 3.8) is 0 Å². The van der Waals surface area contributed by atoms with E-state index < -0.39 is 0 Å². The fraction of sp³-hybridized carbons (Fsp3) is 0.278. The van der Waals surface area contributed by atoms with Gasteiger partial charge in [-0.2, -0.15) is 10.4 Å². The van der Waals surface area contributed by atoms with Crippen LogP contribution in [0, 0.1) is 11.3 Å². The zero-order valence-corrected chi connectivity index (χ0v) is 14.8. The molecular formula is C18H18ClN3O3. The number of hydrogen-bond acceptors (Lipinski definition) is 5. The molecule has 1 aliphatic heterocycles. The number of carbonyl (C=O) groups excluding carboxylic acids is 1. The number of carbonyl (C=O) groups is 1. The molecule has 0 bridgehead atoms. The molecule has 1 heterocycles. The van der Waals surface area contributed by atoms with Crippen LogP contribution in [0.25, 0.3) is 6.08 Å². The summed E-state index contributed by atoms with van der Waals surface area (Å²) < 4.78 is 10.8. The molecule has 0 spiro atoms. The van der Waals surface area contributed by atoms with Crippen molar-refractivity contribution in [2.45, 2.75) is 13.3 Å². The minimum atomic E-state index is -0.241. The predicted octanol–water partition coefficient (Wildman–Crippen LogP) is 3.43. The predicted molar refractivity (Wildman–Crippen MR) is 96.7 cm³/mol. The van der Waals surface area contributed by atoms with Gasteiger partial charge in [-0.05, 0) is 30.7 Å². The maximum absolute atomic E-state index is 12.4. The van der Waals surface area contributed by atoms with Crippen LogP contribution in [0.1, 0.15) is 18.9 Å². The molecule has 1 aromatic carbocycles. The lowest BCUT2D eigenvalue weighted by molar-refractivity contribution is -0.125. The molecule has 1 amide bonds. The summed E-state index contributed by atoms with van der Waals surface area (Å²) in [5.41, 5.74) is 1.73. The van der Waals surface area contributed by atoms with Gasteiger partial charge in [0.15, 0.2) is 11.5 Å². The molecule has 0 N–H and O–H groups in total. The third-order valence-corrected chi connectivity index (χ3v) is 3.75. The van der Waals surface area contributed by atoms with Crippen LogP contribution < -0.4 is 9.47 Å². The van der Waals surface area contributed by atoms with Crippen molar-refractivity contribution in [2.75, 3.05) is 20.3 Å². The van der Waals surface area contributed by atoms with Crippen molar-refractivity contribution in [1.29, 1.82) is 5.26 Å². The molecule has 0 saturated carbocycles. The molecule has 130 valence electrons. The van der Waals surface area contributed by atoms with Gasteiger partial charge in [0.1, 0.15) is 6.61 Å². The van der Waals surface area contributed by atoms with Crippen LogP contribution in [0.15, 0.2) is 35.5 Å². The molecule has 7 heteroatoms. The zero-order chi connectivity index (χ0) is 18.4. The molecule has 0 saturated heterocycles. The van der Waals surface area contributed by atoms with Gasteiger partial charge in [0.2, 0.25) is 0 Å². The molecular weight excluding hydrogens is 342 g/mol. The second kappa shape index (κ2) is 8.36. The van der Waals surface area contributed by atoms with Crippen LogP contribution in [0.3, 0.4) is 0 Å². The number of rotatable bonds is 7. The summed E-state index contributed by atoms with van der Waals surface area (Å²) in [6, 6.07) is 5.42. The van der Waals surface area contributed by atoms with E-state index in [-0.39, 0.29) is 18.9 Å². The average molecular weight is 360 g/mol. The molecule has 0 aromatic heterocycles. The van der Waals surface area contributed by atoms with Crippen molar-refractivity contribution in [1.82, 2.24) is 5.01 Å². The fourth-order valence-corrected chi connectivity index (χ4v) is 2.59. The Morgan fingerprint density at radius 3 is 2.88 bits per heavy atom. The number of hydrazone groups is 1. The number of hydrogen-bond donors (Lipinski definition) is 0. The highest BCUT2D eigenvalue weighted by molar-refractivity contribution is 6.32. The number of benzene rings is 1. The number of nitrogens with zero attached hydrogens (tertiary/aromatic N) is 3. The lowest BCUT2D eigenvalue weighted by Gasteiger charge is -2.12. The largest absolute Gasteiger partial charge is 0.493 e. The van der Waals surface area contributed by atoms with E-state index in [2.05, 4.69) is 11.7 Å².